The Morgan fingerprint density at radius 1 is 1.32 bits per heavy atom. The van der Waals surface area contributed by atoms with Crippen LogP contribution in [0.1, 0.15) is 32.6 Å². The monoisotopic (exact) mass is 338 g/mol. The zero-order chi connectivity index (χ0) is 15.5. The maximum Gasteiger partial charge on any atom is 0.257 e. The molecule has 1 fully saturated rings. The van der Waals surface area contributed by atoms with Gasteiger partial charge in [-0.2, -0.15) is 0 Å². The number of amides is 1. The van der Waals surface area contributed by atoms with Crippen LogP contribution in [-0.2, 0) is 4.79 Å². The number of rotatable bonds is 3. The minimum Gasteiger partial charge on any atom is -0.431 e. The summed E-state index contributed by atoms with van der Waals surface area (Å²) in [5, 5.41) is 0.959. The number of thioether (sulfide) groups is 1. The average Bonchev–Trinajstić information content (AvgIpc) is 2.72. The van der Waals surface area contributed by atoms with Crippen molar-refractivity contribution in [3.05, 3.63) is 23.2 Å². The van der Waals surface area contributed by atoms with E-state index in [4.69, 9.17) is 16.0 Å². The molecule has 2 aromatic rings. The van der Waals surface area contributed by atoms with Crippen LogP contribution in [0.5, 0.6) is 0 Å². The molecule has 4 nitrogen and oxygen atoms in total. The highest BCUT2D eigenvalue weighted by atomic mass is 35.5. The van der Waals surface area contributed by atoms with Crippen molar-refractivity contribution in [1.82, 2.24) is 9.88 Å². The summed E-state index contributed by atoms with van der Waals surface area (Å²) in [4.78, 5) is 18.9. The first-order valence-electron chi connectivity index (χ1n) is 7.65. The summed E-state index contributed by atoms with van der Waals surface area (Å²) in [6.07, 6.45) is 4.64. The molecule has 1 unspecified atom stereocenters. The Morgan fingerprint density at radius 3 is 2.77 bits per heavy atom. The summed E-state index contributed by atoms with van der Waals surface area (Å²) < 4.78 is 5.68. The number of halogens is 1. The zero-order valence-electron chi connectivity index (χ0n) is 12.5. The van der Waals surface area contributed by atoms with Crippen LogP contribution in [0.15, 0.2) is 27.8 Å². The Kier molecular flexibility index (Phi) is 4.93. The number of aromatic nitrogens is 1. The van der Waals surface area contributed by atoms with Crippen molar-refractivity contribution in [2.24, 2.45) is 0 Å². The minimum absolute atomic E-state index is 0.173. The Bertz CT molecular complexity index is 665. The second-order valence-corrected chi connectivity index (χ2v) is 7.32. The van der Waals surface area contributed by atoms with E-state index < -0.39 is 0 Å². The van der Waals surface area contributed by atoms with Gasteiger partial charge in [-0.05, 0) is 38.0 Å². The van der Waals surface area contributed by atoms with Crippen molar-refractivity contribution in [3.63, 3.8) is 0 Å². The molecule has 1 aliphatic rings. The Hall–Kier alpha value is -1.20. The van der Waals surface area contributed by atoms with Crippen LogP contribution in [0.4, 0.5) is 0 Å². The molecular weight excluding hydrogens is 320 g/mol. The molecule has 0 aliphatic carbocycles. The molecule has 1 amide bonds. The number of oxazole rings is 1. The van der Waals surface area contributed by atoms with Gasteiger partial charge in [0.25, 0.3) is 5.22 Å². The SMILES string of the molecule is CC(Sc1nc2cc(Cl)ccc2o1)C(=O)N1CCCCCC1. The molecule has 1 atom stereocenters. The highest BCUT2D eigenvalue weighted by Crippen LogP contribution is 2.29. The molecule has 3 rings (SSSR count). The van der Waals surface area contributed by atoms with Crippen LogP contribution in [-0.4, -0.2) is 34.1 Å². The molecule has 6 heteroatoms. The van der Waals surface area contributed by atoms with Gasteiger partial charge in [-0.25, -0.2) is 4.98 Å². The average molecular weight is 339 g/mol. The van der Waals surface area contributed by atoms with E-state index in [0.29, 0.717) is 15.8 Å². The van der Waals surface area contributed by atoms with Crippen LogP contribution in [0.25, 0.3) is 11.1 Å². The summed E-state index contributed by atoms with van der Waals surface area (Å²) in [5.74, 6) is 0.173. The van der Waals surface area contributed by atoms with Gasteiger partial charge < -0.3 is 9.32 Å². The first-order chi connectivity index (χ1) is 10.6. The molecule has 1 aromatic heterocycles. The number of benzene rings is 1. The van der Waals surface area contributed by atoms with Gasteiger partial charge in [0.1, 0.15) is 5.52 Å². The highest BCUT2D eigenvalue weighted by Gasteiger charge is 2.24. The molecule has 118 valence electrons. The lowest BCUT2D eigenvalue weighted by atomic mass is 10.2. The van der Waals surface area contributed by atoms with E-state index in [-0.39, 0.29) is 11.2 Å². The number of carbonyl (C=O) groups excluding carboxylic acids is 1. The van der Waals surface area contributed by atoms with E-state index in [1.165, 1.54) is 24.6 Å². The first-order valence-corrected chi connectivity index (χ1v) is 8.91. The number of fused-ring (bicyclic) bond motifs is 1. The fourth-order valence-corrected chi connectivity index (χ4v) is 3.69. The van der Waals surface area contributed by atoms with E-state index in [1.807, 2.05) is 11.8 Å². The second-order valence-electron chi connectivity index (χ2n) is 5.59. The molecule has 1 aromatic carbocycles. The number of hydrogen-bond donors (Lipinski definition) is 0. The lowest BCUT2D eigenvalue weighted by Crippen LogP contribution is -2.37. The molecule has 2 heterocycles. The lowest BCUT2D eigenvalue weighted by Gasteiger charge is -2.23. The van der Waals surface area contributed by atoms with E-state index in [9.17, 15) is 4.79 Å². The summed E-state index contributed by atoms with van der Waals surface area (Å²) in [6.45, 7) is 3.65. The quantitative estimate of drug-likeness (QED) is 0.780. The van der Waals surface area contributed by atoms with Crippen molar-refractivity contribution in [2.75, 3.05) is 13.1 Å². The standard InChI is InChI=1S/C16H19ClN2O2S/c1-11(15(20)19-8-4-2-3-5-9-19)22-16-18-13-10-12(17)6-7-14(13)21-16/h6-7,10-11H,2-5,8-9H2,1H3. The van der Waals surface area contributed by atoms with Gasteiger partial charge in [0.05, 0.1) is 5.25 Å². The van der Waals surface area contributed by atoms with Gasteiger partial charge in [0, 0.05) is 18.1 Å². The van der Waals surface area contributed by atoms with Crippen molar-refractivity contribution in [1.29, 1.82) is 0 Å². The predicted octanol–water partition coefficient (Wildman–Crippen LogP) is 4.36. The van der Waals surface area contributed by atoms with Crippen LogP contribution in [0.3, 0.4) is 0 Å². The first kappa shape index (κ1) is 15.7. The molecule has 1 saturated heterocycles. The summed E-state index contributed by atoms with van der Waals surface area (Å²) in [6, 6.07) is 5.34. The summed E-state index contributed by atoms with van der Waals surface area (Å²) in [7, 11) is 0. The highest BCUT2D eigenvalue weighted by molar-refractivity contribution is 8.00. The Labute approximate surface area is 139 Å². The molecular formula is C16H19ClN2O2S. The maximum absolute atomic E-state index is 12.5. The van der Waals surface area contributed by atoms with E-state index in [1.54, 1.807) is 18.2 Å². The Balaban J connectivity index is 1.68. The maximum atomic E-state index is 12.5. The summed E-state index contributed by atoms with van der Waals surface area (Å²) >= 11 is 7.32. The predicted molar refractivity (Wildman–Crippen MR) is 89.4 cm³/mol. The topological polar surface area (TPSA) is 46.3 Å². The van der Waals surface area contributed by atoms with Gasteiger partial charge in [-0.15, -0.1) is 0 Å². The third-order valence-corrected chi connectivity index (χ3v) is 5.04. The van der Waals surface area contributed by atoms with Crippen molar-refractivity contribution < 1.29 is 9.21 Å². The molecule has 0 spiro atoms. The molecule has 0 radical (unpaired) electrons. The lowest BCUT2D eigenvalue weighted by molar-refractivity contribution is -0.130. The van der Waals surface area contributed by atoms with Gasteiger partial charge in [0.2, 0.25) is 5.91 Å². The summed E-state index contributed by atoms with van der Waals surface area (Å²) in [5.41, 5.74) is 1.42. The fraction of sp³-hybridized carbons (Fsp3) is 0.500. The van der Waals surface area contributed by atoms with Crippen molar-refractivity contribution in [2.45, 2.75) is 43.1 Å². The van der Waals surface area contributed by atoms with E-state index >= 15 is 0 Å². The van der Waals surface area contributed by atoms with Crippen LogP contribution >= 0.6 is 23.4 Å². The Morgan fingerprint density at radius 2 is 2.05 bits per heavy atom. The second kappa shape index (κ2) is 6.92. The third kappa shape index (κ3) is 3.58. The molecule has 0 bridgehead atoms. The number of nitrogens with zero attached hydrogens (tertiary/aromatic N) is 2. The number of carbonyl (C=O) groups is 1. The molecule has 0 N–H and O–H groups in total. The molecule has 0 saturated carbocycles. The van der Waals surface area contributed by atoms with Crippen LogP contribution in [0, 0.1) is 0 Å². The minimum atomic E-state index is -0.193. The largest absolute Gasteiger partial charge is 0.431 e. The normalized spacial score (nSPS) is 17.5. The van der Waals surface area contributed by atoms with Gasteiger partial charge >= 0.3 is 0 Å². The van der Waals surface area contributed by atoms with Gasteiger partial charge in [0.15, 0.2) is 5.58 Å². The number of likely N-dealkylation sites (tertiary alicyclic amines) is 1. The van der Waals surface area contributed by atoms with E-state index in [2.05, 4.69) is 4.98 Å². The van der Waals surface area contributed by atoms with Crippen LogP contribution in [0.2, 0.25) is 5.02 Å². The van der Waals surface area contributed by atoms with Gasteiger partial charge in [-0.3, -0.25) is 4.79 Å². The van der Waals surface area contributed by atoms with E-state index in [0.717, 1.165) is 31.4 Å². The van der Waals surface area contributed by atoms with Crippen molar-refractivity contribution >= 4 is 40.4 Å². The third-order valence-electron chi connectivity index (χ3n) is 3.87. The van der Waals surface area contributed by atoms with Crippen LogP contribution < -0.4 is 0 Å². The molecule has 1 aliphatic heterocycles. The van der Waals surface area contributed by atoms with Crippen molar-refractivity contribution in [3.8, 4) is 0 Å². The zero-order valence-corrected chi connectivity index (χ0v) is 14.1. The number of hydrogen-bond acceptors (Lipinski definition) is 4. The fourth-order valence-electron chi connectivity index (χ4n) is 2.68. The molecule has 22 heavy (non-hydrogen) atoms. The smallest absolute Gasteiger partial charge is 0.257 e. The van der Waals surface area contributed by atoms with Gasteiger partial charge in [-0.1, -0.05) is 36.2 Å².